The Morgan fingerprint density at radius 1 is 1.31 bits per heavy atom. The van der Waals surface area contributed by atoms with E-state index in [1.54, 1.807) is 19.2 Å². The minimum absolute atomic E-state index is 0.114. The summed E-state index contributed by atoms with van der Waals surface area (Å²) in [4.78, 5) is 25.7. The molecule has 1 N–H and O–H groups in total. The third kappa shape index (κ3) is 4.16. The van der Waals surface area contributed by atoms with Crippen LogP contribution in [0.3, 0.4) is 0 Å². The lowest BCUT2D eigenvalue weighted by Crippen LogP contribution is -2.25. The van der Waals surface area contributed by atoms with Crippen LogP contribution in [-0.4, -0.2) is 32.3 Å². The first-order valence-corrected chi connectivity index (χ1v) is 9.03. The van der Waals surface area contributed by atoms with Gasteiger partial charge in [0.15, 0.2) is 0 Å². The second-order valence-electron chi connectivity index (χ2n) is 5.80. The van der Waals surface area contributed by atoms with Crippen LogP contribution in [0.15, 0.2) is 46.9 Å². The van der Waals surface area contributed by atoms with Gasteiger partial charge in [-0.05, 0) is 52.2 Å². The van der Waals surface area contributed by atoms with Crippen molar-refractivity contribution in [2.24, 2.45) is 0 Å². The quantitative estimate of drug-likeness (QED) is 0.769. The van der Waals surface area contributed by atoms with Crippen molar-refractivity contribution >= 4 is 39.3 Å². The molecule has 7 heteroatoms. The first-order chi connectivity index (χ1) is 12.6. The molecule has 1 heterocycles. The van der Waals surface area contributed by atoms with Gasteiger partial charge < -0.3 is 14.8 Å². The summed E-state index contributed by atoms with van der Waals surface area (Å²) in [6.45, 7) is 0.832. The Labute approximate surface area is 160 Å². The maximum atomic E-state index is 12.4. The highest BCUT2D eigenvalue weighted by molar-refractivity contribution is 9.10. The predicted molar refractivity (Wildman–Crippen MR) is 103 cm³/mol. The zero-order valence-corrected chi connectivity index (χ0v) is 15.9. The van der Waals surface area contributed by atoms with Gasteiger partial charge in [0.05, 0.1) is 29.5 Å². The largest absolute Gasteiger partial charge is 0.496 e. The van der Waals surface area contributed by atoms with Crippen molar-refractivity contribution in [1.82, 2.24) is 0 Å². The Hall–Kier alpha value is -2.54. The smallest absolute Gasteiger partial charge is 0.414 e. The molecule has 1 aliphatic rings. The number of nitrogens with one attached hydrogen (secondary N) is 1. The van der Waals surface area contributed by atoms with Gasteiger partial charge in [-0.1, -0.05) is 18.2 Å². The summed E-state index contributed by atoms with van der Waals surface area (Å²) >= 11 is 3.45. The number of cyclic esters (lactones) is 1. The van der Waals surface area contributed by atoms with Gasteiger partial charge in [0.2, 0.25) is 5.91 Å². The van der Waals surface area contributed by atoms with E-state index in [4.69, 9.17) is 9.47 Å². The number of halogens is 1. The predicted octanol–water partition coefficient (Wildman–Crippen LogP) is 3.99. The van der Waals surface area contributed by atoms with Gasteiger partial charge in [-0.3, -0.25) is 9.69 Å². The van der Waals surface area contributed by atoms with Crippen molar-refractivity contribution in [2.75, 3.05) is 30.5 Å². The van der Waals surface area contributed by atoms with Crippen LogP contribution >= 0.6 is 15.9 Å². The maximum Gasteiger partial charge on any atom is 0.414 e. The number of carbonyl (C=O) groups excluding carboxylic acids is 2. The van der Waals surface area contributed by atoms with Crippen LogP contribution in [0, 0.1) is 0 Å². The number of amides is 2. The van der Waals surface area contributed by atoms with Crippen LogP contribution in [0.5, 0.6) is 5.75 Å². The van der Waals surface area contributed by atoms with Crippen LogP contribution in [0.25, 0.3) is 0 Å². The Kier molecular flexibility index (Phi) is 5.78. The fourth-order valence-electron chi connectivity index (χ4n) is 2.76. The van der Waals surface area contributed by atoms with Gasteiger partial charge in [-0.2, -0.15) is 0 Å². The van der Waals surface area contributed by atoms with Gasteiger partial charge >= 0.3 is 6.09 Å². The van der Waals surface area contributed by atoms with E-state index in [1.807, 2.05) is 30.3 Å². The van der Waals surface area contributed by atoms with Crippen LogP contribution in [0.2, 0.25) is 0 Å². The molecule has 2 amide bonds. The van der Waals surface area contributed by atoms with Crippen LogP contribution in [0.4, 0.5) is 16.2 Å². The molecular formula is C19H19BrN2O4. The first-order valence-electron chi connectivity index (χ1n) is 8.24. The maximum absolute atomic E-state index is 12.4. The molecule has 26 heavy (non-hydrogen) atoms. The molecule has 1 aliphatic heterocycles. The van der Waals surface area contributed by atoms with Crippen LogP contribution < -0.4 is 15.0 Å². The molecule has 0 radical (unpaired) electrons. The Morgan fingerprint density at radius 2 is 2.12 bits per heavy atom. The molecule has 1 fully saturated rings. The number of benzene rings is 2. The third-order valence-electron chi connectivity index (χ3n) is 4.09. The van der Waals surface area contributed by atoms with Gasteiger partial charge in [0, 0.05) is 6.42 Å². The number of hydrogen-bond acceptors (Lipinski definition) is 4. The highest BCUT2D eigenvalue weighted by Crippen LogP contribution is 2.29. The van der Waals surface area contributed by atoms with E-state index in [9.17, 15) is 9.59 Å². The zero-order chi connectivity index (χ0) is 18.5. The number of methoxy groups -OCH3 is 1. The topological polar surface area (TPSA) is 67.9 Å². The molecule has 0 unspecified atom stereocenters. The summed E-state index contributed by atoms with van der Waals surface area (Å²) in [7, 11) is 1.61. The Bertz CT molecular complexity index is 825. The molecule has 0 aliphatic carbocycles. The fraction of sp³-hybridized carbons (Fsp3) is 0.263. The minimum atomic E-state index is -0.394. The summed E-state index contributed by atoms with van der Waals surface area (Å²) in [6.07, 6.45) is 0.537. The van der Waals surface area contributed by atoms with Crippen molar-refractivity contribution in [1.29, 1.82) is 0 Å². The van der Waals surface area contributed by atoms with Crippen LogP contribution in [-0.2, 0) is 16.0 Å². The molecule has 136 valence electrons. The van der Waals surface area contributed by atoms with Crippen molar-refractivity contribution in [3.8, 4) is 5.75 Å². The summed E-state index contributed by atoms with van der Waals surface area (Å²) in [5, 5.41) is 2.89. The summed E-state index contributed by atoms with van der Waals surface area (Å²) < 4.78 is 11.0. The van der Waals surface area contributed by atoms with Gasteiger partial charge in [0.1, 0.15) is 12.4 Å². The normalized spacial score (nSPS) is 13.5. The summed E-state index contributed by atoms with van der Waals surface area (Å²) in [6, 6.07) is 13.0. The Balaban J connectivity index is 1.64. The molecule has 0 aromatic heterocycles. The lowest BCUT2D eigenvalue weighted by atomic mass is 10.1. The third-order valence-corrected chi connectivity index (χ3v) is 4.71. The number of aryl methyl sites for hydroxylation is 1. The van der Waals surface area contributed by atoms with Crippen molar-refractivity contribution < 1.29 is 19.1 Å². The standard InChI is InChI=1S/C19H19BrN2O4/c1-25-17-8-6-13(12-14(17)20)7-9-18(23)21-15-4-2-3-5-16(15)22-10-11-26-19(22)24/h2-6,8,12H,7,9-11H2,1H3,(H,21,23). The van der Waals surface area contributed by atoms with E-state index < -0.39 is 6.09 Å². The average Bonchev–Trinajstić information content (AvgIpc) is 3.06. The molecule has 3 rings (SSSR count). The number of anilines is 2. The fourth-order valence-corrected chi connectivity index (χ4v) is 3.35. The van der Waals surface area contributed by atoms with Gasteiger partial charge in [-0.25, -0.2) is 4.79 Å². The number of para-hydroxylation sites is 2. The molecular weight excluding hydrogens is 400 g/mol. The first kappa shape index (κ1) is 18.3. The number of nitrogens with zero attached hydrogens (tertiary/aromatic N) is 1. The molecule has 0 spiro atoms. The molecule has 2 aromatic rings. The number of hydrogen-bond donors (Lipinski definition) is 1. The number of ether oxygens (including phenoxy) is 2. The minimum Gasteiger partial charge on any atom is -0.496 e. The number of rotatable bonds is 6. The van der Waals surface area contributed by atoms with Crippen molar-refractivity contribution in [3.05, 3.63) is 52.5 Å². The number of carbonyl (C=O) groups is 2. The SMILES string of the molecule is COc1ccc(CCC(=O)Nc2ccccc2N2CCOC2=O)cc1Br. The van der Waals surface area contributed by atoms with E-state index >= 15 is 0 Å². The second kappa shape index (κ2) is 8.23. The highest BCUT2D eigenvalue weighted by Gasteiger charge is 2.25. The second-order valence-corrected chi connectivity index (χ2v) is 6.65. The molecule has 0 saturated carbocycles. The summed E-state index contributed by atoms with van der Waals surface area (Å²) in [5.41, 5.74) is 2.28. The molecule has 2 aromatic carbocycles. The zero-order valence-electron chi connectivity index (χ0n) is 14.3. The lowest BCUT2D eigenvalue weighted by Gasteiger charge is -2.17. The Morgan fingerprint density at radius 3 is 2.81 bits per heavy atom. The van der Waals surface area contributed by atoms with E-state index in [0.29, 0.717) is 37.4 Å². The van der Waals surface area contributed by atoms with E-state index in [2.05, 4.69) is 21.2 Å². The van der Waals surface area contributed by atoms with Crippen molar-refractivity contribution in [2.45, 2.75) is 12.8 Å². The van der Waals surface area contributed by atoms with E-state index in [0.717, 1.165) is 15.8 Å². The van der Waals surface area contributed by atoms with E-state index in [1.165, 1.54) is 4.90 Å². The molecule has 6 nitrogen and oxygen atoms in total. The molecule has 0 atom stereocenters. The van der Waals surface area contributed by atoms with Gasteiger partial charge in [-0.15, -0.1) is 0 Å². The monoisotopic (exact) mass is 418 g/mol. The van der Waals surface area contributed by atoms with Crippen molar-refractivity contribution in [3.63, 3.8) is 0 Å². The molecule has 1 saturated heterocycles. The van der Waals surface area contributed by atoms with E-state index in [-0.39, 0.29) is 5.91 Å². The average molecular weight is 419 g/mol. The highest BCUT2D eigenvalue weighted by atomic mass is 79.9. The molecule has 0 bridgehead atoms. The van der Waals surface area contributed by atoms with Crippen LogP contribution in [0.1, 0.15) is 12.0 Å². The lowest BCUT2D eigenvalue weighted by molar-refractivity contribution is -0.116. The van der Waals surface area contributed by atoms with Gasteiger partial charge in [0.25, 0.3) is 0 Å². The summed E-state index contributed by atoms with van der Waals surface area (Å²) in [5.74, 6) is 0.640.